The van der Waals surface area contributed by atoms with Crippen LogP contribution in [-0.4, -0.2) is 45.4 Å². The number of fused-ring (bicyclic) bond motifs is 1. The summed E-state index contributed by atoms with van der Waals surface area (Å²) in [5.74, 6) is -0.274. The van der Waals surface area contributed by atoms with Crippen LogP contribution >= 0.6 is 0 Å². The maximum atomic E-state index is 12.3. The number of aliphatic hydroxyl groups excluding tert-OH is 1. The molecule has 2 N–H and O–H groups in total. The van der Waals surface area contributed by atoms with Crippen molar-refractivity contribution in [1.29, 1.82) is 0 Å². The summed E-state index contributed by atoms with van der Waals surface area (Å²) < 4.78 is 1.04. The molecule has 0 aliphatic rings. The molecule has 7 heteroatoms. The largest absolute Gasteiger partial charge is 0.396 e. The van der Waals surface area contributed by atoms with E-state index in [4.69, 9.17) is 5.11 Å². The number of H-pyrrole nitrogens is 1. The molecule has 0 spiro atoms. The summed E-state index contributed by atoms with van der Waals surface area (Å²) in [5.41, 5.74) is -0.803. The van der Waals surface area contributed by atoms with Gasteiger partial charge in [-0.25, -0.2) is 4.68 Å². The summed E-state index contributed by atoms with van der Waals surface area (Å²) >= 11 is 0. The van der Waals surface area contributed by atoms with E-state index in [2.05, 4.69) is 5.10 Å². The van der Waals surface area contributed by atoms with Crippen LogP contribution in [-0.2, 0) is 11.3 Å². The number of benzene rings is 1. The van der Waals surface area contributed by atoms with Crippen molar-refractivity contribution in [2.24, 2.45) is 0 Å². The average Bonchev–Trinajstić information content (AvgIpc) is 2.53. The van der Waals surface area contributed by atoms with Crippen LogP contribution in [0.5, 0.6) is 0 Å². The number of amides is 1. The van der Waals surface area contributed by atoms with Gasteiger partial charge in [-0.1, -0.05) is 12.1 Å². The number of aromatic nitrogens is 2. The SMILES string of the molecule is CCN(CCCO)C(=O)Cn1[nH]c(=O)c2ccccc2c1=O. The average molecular weight is 305 g/mol. The van der Waals surface area contributed by atoms with Gasteiger partial charge in [-0.3, -0.25) is 19.5 Å². The summed E-state index contributed by atoms with van der Waals surface area (Å²) in [5, 5.41) is 11.9. The van der Waals surface area contributed by atoms with Gasteiger partial charge in [0.15, 0.2) is 0 Å². The summed E-state index contributed by atoms with van der Waals surface area (Å²) in [6.45, 7) is 2.49. The summed E-state index contributed by atoms with van der Waals surface area (Å²) in [4.78, 5) is 38.0. The second-order valence-corrected chi connectivity index (χ2v) is 4.93. The zero-order valence-corrected chi connectivity index (χ0v) is 12.4. The topological polar surface area (TPSA) is 95.4 Å². The van der Waals surface area contributed by atoms with Crippen molar-refractivity contribution in [2.45, 2.75) is 19.9 Å². The first-order chi connectivity index (χ1) is 10.6. The fraction of sp³-hybridized carbons (Fsp3) is 0.400. The van der Waals surface area contributed by atoms with Gasteiger partial charge in [0.25, 0.3) is 11.1 Å². The first-order valence-corrected chi connectivity index (χ1v) is 7.19. The van der Waals surface area contributed by atoms with Crippen molar-refractivity contribution in [3.05, 3.63) is 45.0 Å². The number of hydrogen-bond donors (Lipinski definition) is 2. The fourth-order valence-corrected chi connectivity index (χ4v) is 2.31. The van der Waals surface area contributed by atoms with E-state index in [0.717, 1.165) is 4.68 Å². The minimum absolute atomic E-state index is 0.00344. The van der Waals surface area contributed by atoms with Crippen LogP contribution < -0.4 is 11.1 Å². The number of hydrogen-bond acceptors (Lipinski definition) is 4. The van der Waals surface area contributed by atoms with Crippen molar-refractivity contribution < 1.29 is 9.90 Å². The summed E-state index contributed by atoms with van der Waals surface area (Å²) in [7, 11) is 0. The van der Waals surface area contributed by atoms with Crippen LogP contribution in [0.4, 0.5) is 0 Å². The Morgan fingerprint density at radius 1 is 1.27 bits per heavy atom. The van der Waals surface area contributed by atoms with E-state index in [1.165, 1.54) is 4.90 Å². The summed E-state index contributed by atoms with van der Waals surface area (Å²) in [6.07, 6.45) is 0.475. The number of nitrogens with zero attached hydrogens (tertiary/aromatic N) is 2. The Balaban J connectivity index is 2.32. The zero-order chi connectivity index (χ0) is 16.1. The number of nitrogens with one attached hydrogen (secondary N) is 1. The molecule has 0 bridgehead atoms. The highest BCUT2D eigenvalue weighted by Crippen LogP contribution is 2.02. The molecule has 0 aliphatic carbocycles. The first-order valence-electron chi connectivity index (χ1n) is 7.19. The van der Waals surface area contributed by atoms with Crippen LogP contribution in [0.15, 0.2) is 33.9 Å². The highest BCUT2D eigenvalue weighted by atomic mass is 16.3. The molecule has 1 amide bonds. The number of carbonyl (C=O) groups is 1. The molecule has 0 fully saturated rings. The molecule has 0 radical (unpaired) electrons. The molecule has 1 aromatic carbocycles. The lowest BCUT2D eigenvalue weighted by Crippen LogP contribution is -2.39. The Kier molecular flexibility index (Phi) is 5.11. The van der Waals surface area contributed by atoms with Gasteiger partial charge < -0.3 is 10.0 Å². The molecular formula is C15H19N3O4. The van der Waals surface area contributed by atoms with Crippen molar-refractivity contribution >= 4 is 16.7 Å². The van der Waals surface area contributed by atoms with E-state index < -0.39 is 11.1 Å². The van der Waals surface area contributed by atoms with E-state index in [-0.39, 0.29) is 24.4 Å². The third kappa shape index (κ3) is 3.25. The predicted molar refractivity (Wildman–Crippen MR) is 82.8 cm³/mol. The van der Waals surface area contributed by atoms with Gasteiger partial charge in [0, 0.05) is 19.7 Å². The summed E-state index contributed by atoms with van der Waals surface area (Å²) in [6, 6.07) is 6.49. The monoisotopic (exact) mass is 305 g/mol. The van der Waals surface area contributed by atoms with E-state index in [9.17, 15) is 14.4 Å². The van der Waals surface area contributed by atoms with Crippen molar-refractivity contribution in [3.63, 3.8) is 0 Å². The Bertz CT molecular complexity index is 778. The second kappa shape index (κ2) is 7.04. The number of rotatable bonds is 6. The van der Waals surface area contributed by atoms with Gasteiger partial charge in [-0.05, 0) is 25.5 Å². The van der Waals surface area contributed by atoms with Gasteiger partial charge in [0.05, 0.1) is 10.8 Å². The Hall–Kier alpha value is -2.41. The lowest BCUT2D eigenvalue weighted by atomic mass is 10.2. The number of likely N-dealkylation sites (N-methyl/N-ethyl adjacent to an activating group) is 1. The van der Waals surface area contributed by atoms with Crippen molar-refractivity contribution in [2.75, 3.05) is 19.7 Å². The van der Waals surface area contributed by atoms with Crippen LogP contribution in [0.25, 0.3) is 10.8 Å². The minimum atomic E-state index is -0.401. The maximum absolute atomic E-state index is 12.3. The Morgan fingerprint density at radius 3 is 2.59 bits per heavy atom. The Morgan fingerprint density at radius 2 is 1.95 bits per heavy atom. The van der Waals surface area contributed by atoms with E-state index in [1.807, 2.05) is 6.92 Å². The molecule has 0 saturated carbocycles. The number of aromatic amines is 1. The second-order valence-electron chi connectivity index (χ2n) is 4.93. The Labute approximate surface area is 126 Å². The van der Waals surface area contributed by atoms with Gasteiger partial charge in [0.1, 0.15) is 6.54 Å². The van der Waals surface area contributed by atoms with Gasteiger partial charge in [-0.15, -0.1) is 0 Å². The lowest BCUT2D eigenvalue weighted by Gasteiger charge is -2.20. The molecule has 0 saturated heterocycles. The molecule has 2 rings (SSSR count). The van der Waals surface area contributed by atoms with E-state index >= 15 is 0 Å². The van der Waals surface area contributed by atoms with Gasteiger partial charge >= 0.3 is 0 Å². The molecule has 1 heterocycles. The molecule has 0 unspecified atom stereocenters. The van der Waals surface area contributed by atoms with Crippen LogP contribution in [0.2, 0.25) is 0 Å². The number of aliphatic hydroxyl groups is 1. The van der Waals surface area contributed by atoms with Gasteiger partial charge in [0.2, 0.25) is 5.91 Å². The molecule has 118 valence electrons. The molecule has 2 aromatic rings. The highest BCUT2D eigenvalue weighted by Gasteiger charge is 2.14. The van der Waals surface area contributed by atoms with Gasteiger partial charge in [-0.2, -0.15) is 0 Å². The van der Waals surface area contributed by atoms with Crippen LogP contribution in [0, 0.1) is 0 Å². The smallest absolute Gasteiger partial charge is 0.273 e. The van der Waals surface area contributed by atoms with E-state index in [0.29, 0.717) is 24.9 Å². The zero-order valence-electron chi connectivity index (χ0n) is 12.4. The molecule has 22 heavy (non-hydrogen) atoms. The minimum Gasteiger partial charge on any atom is -0.396 e. The highest BCUT2D eigenvalue weighted by molar-refractivity contribution is 5.81. The normalized spacial score (nSPS) is 10.8. The third-order valence-electron chi connectivity index (χ3n) is 3.50. The predicted octanol–water partition coefficient (Wildman–Crippen LogP) is -0.0793. The maximum Gasteiger partial charge on any atom is 0.273 e. The van der Waals surface area contributed by atoms with E-state index in [1.54, 1.807) is 24.3 Å². The first kappa shape index (κ1) is 16.0. The standard InChI is InChI=1S/C15H19N3O4/c1-2-17(8-5-9-19)13(20)10-18-15(22)12-7-4-3-6-11(12)14(21)16-18/h3-4,6-7,19H,2,5,8-10H2,1H3,(H,16,21). The molecule has 1 aromatic heterocycles. The molecule has 0 atom stereocenters. The van der Waals surface area contributed by atoms with Crippen molar-refractivity contribution in [1.82, 2.24) is 14.7 Å². The molecule has 0 aliphatic heterocycles. The van der Waals surface area contributed by atoms with Crippen LogP contribution in [0.3, 0.4) is 0 Å². The lowest BCUT2D eigenvalue weighted by molar-refractivity contribution is -0.132. The third-order valence-corrected chi connectivity index (χ3v) is 3.50. The molecule has 7 nitrogen and oxygen atoms in total. The fourth-order valence-electron chi connectivity index (χ4n) is 2.31. The number of carbonyl (C=O) groups excluding carboxylic acids is 1. The molecular weight excluding hydrogens is 286 g/mol. The van der Waals surface area contributed by atoms with Crippen molar-refractivity contribution in [3.8, 4) is 0 Å². The van der Waals surface area contributed by atoms with Crippen LogP contribution in [0.1, 0.15) is 13.3 Å². The quantitative estimate of drug-likeness (QED) is 0.780.